The standard InChI is InChI=1S/C14H24ClN3/c1-4-7-12-8-5-6-9-18(12)14-13(10-15)11(2)16-17(14)3/h12H,4-10H2,1-3H3. The van der Waals surface area contributed by atoms with Crippen LogP contribution in [0.15, 0.2) is 0 Å². The first kappa shape index (κ1) is 13.7. The summed E-state index contributed by atoms with van der Waals surface area (Å²) < 4.78 is 2.01. The molecular formula is C14H24ClN3. The molecule has 0 N–H and O–H groups in total. The Hall–Kier alpha value is -0.700. The molecule has 4 heteroatoms. The van der Waals surface area contributed by atoms with Gasteiger partial charge in [-0.3, -0.25) is 4.68 Å². The van der Waals surface area contributed by atoms with Gasteiger partial charge in [-0.2, -0.15) is 5.10 Å². The maximum atomic E-state index is 6.11. The second kappa shape index (κ2) is 5.96. The second-order valence-electron chi connectivity index (χ2n) is 5.28. The molecule has 2 heterocycles. The summed E-state index contributed by atoms with van der Waals surface area (Å²) in [5, 5.41) is 4.54. The molecule has 1 aliphatic rings. The largest absolute Gasteiger partial charge is 0.354 e. The van der Waals surface area contributed by atoms with Crippen LogP contribution in [-0.2, 0) is 12.9 Å². The molecule has 1 unspecified atom stereocenters. The second-order valence-corrected chi connectivity index (χ2v) is 5.54. The Morgan fingerprint density at radius 1 is 1.39 bits per heavy atom. The summed E-state index contributed by atoms with van der Waals surface area (Å²) in [5.41, 5.74) is 2.28. The van der Waals surface area contributed by atoms with Gasteiger partial charge in [-0.25, -0.2) is 0 Å². The number of hydrogen-bond acceptors (Lipinski definition) is 2. The van der Waals surface area contributed by atoms with E-state index >= 15 is 0 Å². The lowest BCUT2D eigenvalue weighted by atomic mass is 9.98. The van der Waals surface area contributed by atoms with Crippen LogP contribution >= 0.6 is 11.6 Å². The van der Waals surface area contributed by atoms with Gasteiger partial charge in [0.25, 0.3) is 0 Å². The molecule has 0 radical (unpaired) electrons. The van der Waals surface area contributed by atoms with Crippen LogP contribution in [0.4, 0.5) is 5.82 Å². The minimum absolute atomic E-state index is 0.560. The Kier molecular flexibility index (Phi) is 4.55. The topological polar surface area (TPSA) is 21.1 Å². The van der Waals surface area contributed by atoms with E-state index in [2.05, 4.69) is 23.8 Å². The van der Waals surface area contributed by atoms with E-state index in [9.17, 15) is 0 Å². The van der Waals surface area contributed by atoms with Gasteiger partial charge in [0.1, 0.15) is 5.82 Å². The van der Waals surface area contributed by atoms with Gasteiger partial charge in [-0.1, -0.05) is 13.3 Å². The SMILES string of the molecule is CCCC1CCCCN1c1c(CCl)c(C)nn1C. The van der Waals surface area contributed by atoms with E-state index in [1.165, 1.54) is 43.5 Å². The molecule has 0 aliphatic carbocycles. The van der Waals surface area contributed by atoms with Gasteiger partial charge < -0.3 is 4.90 Å². The third kappa shape index (κ3) is 2.51. The molecule has 1 saturated heterocycles. The van der Waals surface area contributed by atoms with Crippen LogP contribution in [0.1, 0.15) is 50.3 Å². The zero-order valence-electron chi connectivity index (χ0n) is 11.7. The lowest BCUT2D eigenvalue weighted by Gasteiger charge is -2.37. The number of piperidine rings is 1. The van der Waals surface area contributed by atoms with Crippen molar-refractivity contribution in [2.75, 3.05) is 11.4 Å². The fourth-order valence-electron chi connectivity index (χ4n) is 3.12. The summed E-state index contributed by atoms with van der Waals surface area (Å²) in [5.74, 6) is 1.81. The quantitative estimate of drug-likeness (QED) is 0.779. The molecule has 1 aliphatic heterocycles. The highest BCUT2D eigenvalue weighted by molar-refractivity contribution is 6.17. The van der Waals surface area contributed by atoms with Crippen LogP contribution in [0.2, 0.25) is 0 Å². The number of aromatic nitrogens is 2. The number of hydrogen-bond donors (Lipinski definition) is 0. The molecule has 2 rings (SSSR count). The third-order valence-corrected chi connectivity index (χ3v) is 4.24. The molecule has 1 fully saturated rings. The zero-order chi connectivity index (χ0) is 13.1. The first-order chi connectivity index (χ1) is 8.69. The molecule has 0 bridgehead atoms. The van der Waals surface area contributed by atoms with Gasteiger partial charge in [-0.15, -0.1) is 11.6 Å². The molecular weight excluding hydrogens is 246 g/mol. The van der Waals surface area contributed by atoms with Crippen molar-refractivity contribution in [1.29, 1.82) is 0 Å². The molecule has 0 aromatic carbocycles. The fourth-order valence-corrected chi connectivity index (χ4v) is 3.43. The van der Waals surface area contributed by atoms with Crippen LogP contribution in [-0.4, -0.2) is 22.4 Å². The highest BCUT2D eigenvalue weighted by Gasteiger charge is 2.27. The maximum absolute atomic E-state index is 6.11. The molecule has 0 amide bonds. The van der Waals surface area contributed by atoms with E-state index in [1.807, 2.05) is 11.7 Å². The van der Waals surface area contributed by atoms with Crippen molar-refractivity contribution >= 4 is 17.4 Å². The van der Waals surface area contributed by atoms with E-state index in [-0.39, 0.29) is 0 Å². The van der Waals surface area contributed by atoms with Crippen molar-refractivity contribution in [3.05, 3.63) is 11.3 Å². The van der Waals surface area contributed by atoms with E-state index in [4.69, 9.17) is 11.6 Å². The monoisotopic (exact) mass is 269 g/mol. The normalized spacial score (nSPS) is 20.4. The summed E-state index contributed by atoms with van der Waals surface area (Å²) in [6.45, 7) is 5.47. The van der Waals surface area contributed by atoms with Crippen molar-refractivity contribution in [3.8, 4) is 0 Å². The van der Waals surface area contributed by atoms with Crippen molar-refractivity contribution in [3.63, 3.8) is 0 Å². The van der Waals surface area contributed by atoms with Gasteiger partial charge in [-0.05, 0) is 32.6 Å². The molecule has 1 aromatic heterocycles. The summed E-state index contributed by atoms with van der Waals surface area (Å²) in [4.78, 5) is 2.55. The van der Waals surface area contributed by atoms with Crippen LogP contribution in [0.5, 0.6) is 0 Å². The van der Waals surface area contributed by atoms with Crippen molar-refractivity contribution in [1.82, 2.24) is 9.78 Å². The van der Waals surface area contributed by atoms with E-state index in [0.29, 0.717) is 11.9 Å². The number of alkyl halides is 1. The first-order valence-electron chi connectivity index (χ1n) is 7.04. The smallest absolute Gasteiger partial charge is 0.131 e. The summed E-state index contributed by atoms with van der Waals surface area (Å²) in [7, 11) is 2.04. The van der Waals surface area contributed by atoms with Gasteiger partial charge >= 0.3 is 0 Å². The summed E-state index contributed by atoms with van der Waals surface area (Å²) >= 11 is 6.11. The summed E-state index contributed by atoms with van der Waals surface area (Å²) in [6.07, 6.45) is 6.46. The van der Waals surface area contributed by atoms with Crippen LogP contribution in [0.25, 0.3) is 0 Å². The van der Waals surface area contributed by atoms with Gasteiger partial charge in [0.15, 0.2) is 0 Å². The van der Waals surface area contributed by atoms with Gasteiger partial charge in [0.05, 0.1) is 11.6 Å². The molecule has 0 saturated carbocycles. The summed E-state index contributed by atoms with van der Waals surface area (Å²) in [6, 6.07) is 0.667. The lowest BCUT2D eigenvalue weighted by molar-refractivity contribution is 0.426. The Morgan fingerprint density at radius 2 is 2.17 bits per heavy atom. The highest BCUT2D eigenvalue weighted by atomic mass is 35.5. The van der Waals surface area contributed by atoms with Crippen molar-refractivity contribution < 1.29 is 0 Å². The minimum Gasteiger partial charge on any atom is -0.354 e. The molecule has 1 atom stereocenters. The van der Waals surface area contributed by atoms with Gasteiger partial charge in [0, 0.05) is 25.2 Å². The third-order valence-electron chi connectivity index (χ3n) is 3.97. The average Bonchev–Trinajstić information content (AvgIpc) is 2.64. The van der Waals surface area contributed by atoms with Crippen LogP contribution in [0, 0.1) is 6.92 Å². The molecule has 3 nitrogen and oxygen atoms in total. The van der Waals surface area contributed by atoms with Crippen molar-refractivity contribution in [2.45, 2.75) is 57.9 Å². The van der Waals surface area contributed by atoms with Gasteiger partial charge in [0.2, 0.25) is 0 Å². The van der Waals surface area contributed by atoms with E-state index in [0.717, 1.165) is 12.2 Å². The highest BCUT2D eigenvalue weighted by Crippen LogP contribution is 2.31. The predicted molar refractivity (Wildman–Crippen MR) is 77.4 cm³/mol. The van der Waals surface area contributed by atoms with Crippen LogP contribution < -0.4 is 4.90 Å². The lowest BCUT2D eigenvalue weighted by Crippen LogP contribution is -2.41. The minimum atomic E-state index is 0.560. The molecule has 1 aromatic rings. The van der Waals surface area contributed by atoms with Crippen LogP contribution in [0.3, 0.4) is 0 Å². The number of anilines is 1. The number of halogens is 1. The fraction of sp³-hybridized carbons (Fsp3) is 0.786. The zero-order valence-corrected chi connectivity index (χ0v) is 12.5. The number of nitrogens with zero attached hydrogens (tertiary/aromatic N) is 3. The Labute approximate surface area is 115 Å². The maximum Gasteiger partial charge on any atom is 0.131 e. The number of rotatable bonds is 4. The van der Waals surface area contributed by atoms with E-state index < -0.39 is 0 Å². The Morgan fingerprint density at radius 3 is 2.83 bits per heavy atom. The molecule has 0 spiro atoms. The predicted octanol–water partition coefficient (Wildman–Crippen LogP) is 3.63. The Bertz CT molecular complexity index is 398. The average molecular weight is 270 g/mol. The first-order valence-corrected chi connectivity index (χ1v) is 7.57. The molecule has 102 valence electrons. The Balaban J connectivity index is 2.32. The van der Waals surface area contributed by atoms with Crippen molar-refractivity contribution in [2.24, 2.45) is 7.05 Å². The molecule has 18 heavy (non-hydrogen) atoms. The number of aryl methyl sites for hydroxylation is 2. The van der Waals surface area contributed by atoms with E-state index in [1.54, 1.807) is 0 Å².